The summed E-state index contributed by atoms with van der Waals surface area (Å²) in [6, 6.07) is 0. The first kappa shape index (κ1) is 13.4. The smallest absolute Gasteiger partial charge is 0.434 e. The van der Waals surface area contributed by atoms with Crippen LogP contribution in [0, 0.1) is 5.41 Å². The van der Waals surface area contributed by atoms with Crippen LogP contribution in [-0.2, 0) is 18.6 Å². The van der Waals surface area contributed by atoms with Crippen molar-refractivity contribution in [3.8, 4) is 0 Å². The average Bonchev–Trinajstić information content (AvgIpc) is 1.99. The highest BCUT2D eigenvalue weighted by molar-refractivity contribution is 7.32. The van der Waals surface area contributed by atoms with Crippen molar-refractivity contribution in [1.82, 2.24) is 0 Å². The van der Waals surface area contributed by atoms with Crippen molar-refractivity contribution in [2.45, 2.75) is 20.8 Å². The van der Waals surface area contributed by atoms with E-state index in [9.17, 15) is 9.36 Å². The number of hydrogen-bond acceptors (Lipinski definition) is 5. The van der Waals surface area contributed by atoms with Gasteiger partial charge in [0.1, 0.15) is 0 Å². The molecule has 1 N–H and O–H groups in total. The largest absolute Gasteiger partial charge is 0.510 e. The Morgan fingerprint density at radius 3 is 2.36 bits per heavy atom. The molecule has 0 spiro atoms. The summed E-state index contributed by atoms with van der Waals surface area (Å²) >= 11 is 0. The molecule has 0 aromatic carbocycles. The Kier molecular flexibility index (Phi) is 5.76. The maximum absolute atomic E-state index is 10.8. The van der Waals surface area contributed by atoms with Crippen molar-refractivity contribution in [2.75, 3.05) is 13.4 Å². The molecule has 1 unspecified atom stereocenters. The van der Waals surface area contributed by atoms with E-state index in [1.807, 2.05) is 20.8 Å². The summed E-state index contributed by atoms with van der Waals surface area (Å²) in [7, 11) is -3.06. The van der Waals surface area contributed by atoms with Gasteiger partial charge >= 0.3 is 14.4 Å². The second-order valence-electron chi connectivity index (χ2n) is 3.77. The molecule has 0 radical (unpaired) electrons. The Labute approximate surface area is 83.1 Å². The zero-order valence-corrected chi connectivity index (χ0v) is 9.40. The van der Waals surface area contributed by atoms with Crippen LogP contribution in [0.4, 0.5) is 4.79 Å². The van der Waals surface area contributed by atoms with Gasteiger partial charge in [0.05, 0.1) is 6.61 Å². The first-order valence-electron chi connectivity index (χ1n) is 3.96. The van der Waals surface area contributed by atoms with Crippen LogP contribution in [0.3, 0.4) is 0 Å². The van der Waals surface area contributed by atoms with E-state index >= 15 is 0 Å². The van der Waals surface area contributed by atoms with Crippen molar-refractivity contribution in [2.24, 2.45) is 5.41 Å². The van der Waals surface area contributed by atoms with Crippen molar-refractivity contribution < 1.29 is 28.3 Å². The lowest BCUT2D eigenvalue weighted by molar-refractivity contribution is -0.00816. The summed E-state index contributed by atoms with van der Waals surface area (Å²) in [4.78, 5) is 19.0. The molecule has 0 aliphatic heterocycles. The molecule has 7 heteroatoms. The number of hydrogen-bond donors (Lipinski definition) is 1. The summed E-state index contributed by atoms with van der Waals surface area (Å²) in [5, 5.41) is 0. The van der Waals surface area contributed by atoms with E-state index in [0.29, 0.717) is 0 Å². The topological polar surface area (TPSA) is 82.1 Å². The summed E-state index contributed by atoms with van der Waals surface area (Å²) in [5.41, 5.74) is -0.148. The van der Waals surface area contributed by atoms with Crippen LogP contribution < -0.4 is 0 Å². The predicted octanol–water partition coefficient (Wildman–Crippen LogP) is 1.54. The van der Waals surface area contributed by atoms with Gasteiger partial charge < -0.3 is 14.4 Å². The predicted molar refractivity (Wildman–Crippen MR) is 49.1 cm³/mol. The monoisotopic (exact) mass is 226 g/mol. The third-order valence-electron chi connectivity index (χ3n) is 0.982. The van der Waals surface area contributed by atoms with Gasteiger partial charge in [-0.3, -0.25) is 9.09 Å². The lowest BCUT2D eigenvalue weighted by atomic mass is 9.99. The number of rotatable bonds is 4. The average molecular weight is 226 g/mol. The van der Waals surface area contributed by atoms with Crippen LogP contribution in [0.25, 0.3) is 0 Å². The quantitative estimate of drug-likeness (QED) is 0.444. The molecular formula is C7H15O6P. The summed E-state index contributed by atoms with van der Waals surface area (Å²) in [6.45, 7) is 5.31. The van der Waals surface area contributed by atoms with E-state index in [1.165, 1.54) is 0 Å². The molecule has 0 aromatic rings. The minimum atomic E-state index is -3.06. The normalized spacial score (nSPS) is 13.4. The number of ether oxygens (including phenoxy) is 2. The van der Waals surface area contributed by atoms with Crippen molar-refractivity contribution >= 4 is 14.4 Å². The number of carbonyl (C=O) groups is 1. The third-order valence-corrected chi connectivity index (χ3v) is 1.35. The van der Waals surface area contributed by atoms with Gasteiger partial charge in [-0.1, -0.05) is 20.8 Å². The fourth-order valence-electron chi connectivity index (χ4n) is 0.445. The van der Waals surface area contributed by atoms with Gasteiger partial charge in [-0.05, 0) is 5.41 Å². The van der Waals surface area contributed by atoms with E-state index in [0.717, 1.165) is 0 Å². The highest BCUT2D eigenvalue weighted by atomic mass is 31.1. The van der Waals surface area contributed by atoms with Gasteiger partial charge in [0.25, 0.3) is 0 Å². The van der Waals surface area contributed by atoms with Crippen LogP contribution in [0.5, 0.6) is 0 Å². The Morgan fingerprint density at radius 2 is 1.93 bits per heavy atom. The molecule has 84 valence electrons. The highest BCUT2D eigenvalue weighted by Gasteiger charge is 2.14. The van der Waals surface area contributed by atoms with Gasteiger partial charge in [-0.15, -0.1) is 0 Å². The molecule has 0 aliphatic rings. The van der Waals surface area contributed by atoms with Crippen LogP contribution in [0.2, 0.25) is 0 Å². The first-order chi connectivity index (χ1) is 6.31. The first-order valence-corrected chi connectivity index (χ1v) is 5.23. The summed E-state index contributed by atoms with van der Waals surface area (Å²) < 4.78 is 23.2. The molecule has 14 heavy (non-hydrogen) atoms. The van der Waals surface area contributed by atoms with Gasteiger partial charge in [-0.25, -0.2) is 4.79 Å². The molecule has 0 heterocycles. The maximum Gasteiger partial charge on any atom is 0.510 e. The molecule has 6 nitrogen and oxygen atoms in total. The SMILES string of the molecule is CC(C)(C)COC(=O)OCO[PH](=O)O. The lowest BCUT2D eigenvalue weighted by Gasteiger charge is -2.17. The Hall–Kier alpha value is -0.580. The van der Waals surface area contributed by atoms with Gasteiger partial charge in [0, 0.05) is 0 Å². The second-order valence-corrected chi connectivity index (χ2v) is 4.59. The molecule has 0 saturated carbocycles. The molecule has 0 fully saturated rings. The van der Waals surface area contributed by atoms with E-state index in [2.05, 4.69) is 14.0 Å². The zero-order chi connectivity index (χ0) is 11.2. The van der Waals surface area contributed by atoms with Crippen molar-refractivity contribution in [3.05, 3.63) is 0 Å². The van der Waals surface area contributed by atoms with Gasteiger partial charge in [-0.2, -0.15) is 0 Å². The lowest BCUT2D eigenvalue weighted by Crippen LogP contribution is -2.19. The molecular weight excluding hydrogens is 211 g/mol. The summed E-state index contributed by atoms with van der Waals surface area (Å²) in [6.07, 6.45) is -0.914. The minimum absolute atomic E-state index is 0.148. The maximum atomic E-state index is 10.8. The standard InChI is InChI=1S/C7H15O6P/c1-7(2,3)4-11-6(8)12-5-13-14(9)10/h14H,4-5H2,1-3H3,(H,9,10). The van der Waals surface area contributed by atoms with Gasteiger partial charge in [0.2, 0.25) is 6.79 Å². The molecule has 0 aromatic heterocycles. The van der Waals surface area contributed by atoms with Crippen LogP contribution in [0.15, 0.2) is 0 Å². The van der Waals surface area contributed by atoms with E-state index in [1.54, 1.807) is 0 Å². The van der Waals surface area contributed by atoms with Crippen LogP contribution >= 0.6 is 8.25 Å². The molecule has 0 rings (SSSR count). The minimum Gasteiger partial charge on any atom is -0.434 e. The molecule has 0 bridgehead atoms. The third kappa shape index (κ3) is 9.51. The molecule has 0 saturated heterocycles. The summed E-state index contributed by atoms with van der Waals surface area (Å²) in [5.74, 6) is 0. The second kappa shape index (κ2) is 6.01. The fourth-order valence-corrected chi connectivity index (χ4v) is 0.605. The highest BCUT2D eigenvalue weighted by Crippen LogP contribution is 2.15. The van der Waals surface area contributed by atoms with Crippen LogP contribution in [-0.4, -0.2) is 24.4 Å². The molecule has 0 amide bonds. The molecule has 0 aliphatic carbocycles. The Balaban J connectivity index is 3.52. The van der Waals surface area contributed by atoms with Gasteiger partial charge in [0.15, 0.2) is 0 Å². The number of carbonyl (C=O) groups excluding carboxylic acids is 1. The van der Waals surface area contributed by atoms with E-state index < -0.39 is 21.2 Å². The van der Waals surface area contributed by atoms with Crippen molar-refractivity contribution in [3.63, 3.8) is 0 Å². The Bertz CT molecular complexity index is 209. The van der Waals surface area contributed by atoms with E-state index in [-0.39, 0.29) is 12.0 Å². The zero-order valence-electron chi connectivity index (χ0n) is 8.40. The fraction of sp³-hybridized carbons (Fsp3) is 0.857. The van der Waals surface area contributed by atoms with Crippen molar-refractivity contribution in [1.29, 1.82) is 0 Å². The molecule has 1 atom stereocenters. The van der Waals surface area contributed by atoms with E-state index in [4.69, 9.17) is 4.89 Å². The van der Waals surface area contributed by atoms with Crippen LogP contribution in [0.1, 0.15) is 20.8 Å². The Morgan fingerprint density at radius 1 is 1.36 bits per heavy atom.